The van der Waals surface area contributed by atoms with Gasteiger partial charge in [-0.05, 0) is 23.1 Å². The number of carbonyl (C=O) groups excluding carboxylic acids is 1. The molecule has 27 heavy (non-hydrogen) atoms. The second-order valence-corrected chi connectivity index (χ2v) is 6.44. The number of anilines is 1. The van der Waals surface area contributed by atoms with E-state index in [9.17, 15) is 9.59 Å². The summed E-state index contributed by atoms with van der Waals surface area (Å²) in [5.74, 6) is -0.222. The van der Waals surface area contributed by atoms with Gasteiger partial charge in [0.05, 0.1) is 0 Å². The monoisotopic (exact) mass is 363 g/mol. The lowest BCUT2D eigenvalue weighted by molar-refractivity contribution is 0.0993. The van der Waals surface area contributed by atoms with Gasteiger partial charge in [0.25, 0.3) is 5.91 Å². The molecule has 0 atom stereocenters. The van der Waals surface area contributed by atoms with Gasteiger partial charge in [-0.25, -0.2) is 0 Å². The van der Waals surface area contributed by atoms with E-state index in [-0.39, 0.29) is 24.0 Å². The summed E-state index contributed by atoms with van der Waals surface area (Å²) < 4.78 is 10.8. The lowest BCUT2D eigenvalue weighted by Gasteiger charge is -2.13. The number of benzene rings is 2. The zero-order chi connectivity index (χ0) is 19.2. The Morgan fingerprint density at radius 1 is 1.07 bits per heavy atom. The molecule has 0 spiro atoms. The molecule has 0 radical (unpaired) electrons. The van der Waals surface area contributed by atoms with Crippen LogP contribution in [-0.4, -0.2) is 5.91 Å². The van der Waals surface area contributed by atoms with Crippen LogP contribution >= 0.6 is 0 Å². The molecule has 0 unspecified atom stereocenters. The highest BCUT2D eigenvalue weighted by Crippen LogP contribution is 2.24. The number of amides is 1. The van der Waals surface area contributed by atoms with Gasteiger partial charge < -0.3 is 14.5 Å². The number of ether oxygens (including phenoxy) is 1. The van der Waals surface area contributed by atoms with Crippen LogP contribution in [-0.2, 0) is 6.61 Å². The molecule has 0 fully saturated rings. The molecule has 0 bridgehead atoms. The van der Waals surface area contributed by atoms with Crippen molar-refractivity contribution in [3.05, 3.63) is 94.0 Å². The third kappa shape index (κ3) is 4.64. The Morgan fingerprint density at radius 2 is 1.78 bits per heavy atom. The highest BCUT2D eigenvalue weighted by molar-refractivity contribution is 6.02. The summed E-state index contributed by atoms with van der Waals surface area (Å²) in [5.41, 5.74) is 2.24. The van der Waals surface area contributed by atoms with E-state index < -0.39 is 11.3 Å². The van der Waals surface area contributed by atoms with E-state index in [1.807, 2.05) is 68.4 Å². The van der Waals surface area contributed by atoms with Crippen LogP contribution < -0.4 is 15.5 Å². The van der Waals surface area contributed by atoms with Gasteiger partial charge >= 0.3 is 0 Å². The minimum absolute atomic E-state index is 0.0642. The topological polar surface area (TPSA) is 68.5 Å². The van der Waals surface area contributed by atoms with Gasteiger partial charge in [0.2, 0.25) is 11.2 Å². The van der Waals surface area contributed by atoms with E-state index in [0.717, 1.165) is 17.2 Å². The molecule has 5 heteroatoms. The first-order chi connectivity index (χ1) is 13.0. The van der Waals surface area contributed by atoms with Crippen molar-refractivity contribution >= 4 is 11.6 Å². The highest BCUT2D eigenvalue weighted by Gasteiger charge is 2.15. The van der Waals surface area contributed by atoms with E-state index in [2.05, 4.69) is 5.32 Å². The van der Waals surface area contributed by atoms with Gasteiger partial charge in [-0.15, -0.1) is 0 Å². The van der Waals surface area contributed by atoms with Crippen LogP contribution in [0, 0.1) is 0 Å². The molecule has 2 aromatic carbocycles. The quantitative estimate of drug-likeness (QED) is 0.695. The summed E-state index contributed by atoms with van der Waals surface area (Å²) >= 11 is 0. The number of hydrogen-bond donors (Lipinski definition) is 1. The SMILES string of the molecule is CC(C)c1ccccc1NC(=O)c1cc(=O)c(OCc2ccccc2)co1. The Morgan fingerprint density at radius 3 is 2.48 bits per heavy atom. The van der Waals surface area contributed by atoms with E-state index in [1.54, 1.807) is 0 Å². The number of carbonyl (C=O) groups is 1. The van der Waals surface area contributed by atoms with E-state index >= 15 is 0 Å². The molecule has 1 heterocycles. The van der Waals surface area contributed by atoms with Crippen molar-refractivity contribution in [3.63, 3.8) is 0 Å². The van der Waals surface area contributed by atoms with E-state index in [4.69, 9.17) is 9.15 Å². The summed E-state index contributed by atoms with van der Waals surface area (Å²) in [5, 5.41) is 2.80. The Kier molecular flexibility index (Phi) is 5.71. The Labute approximate surface area is 157 Å². The largest absolute Gasteiger partial charge is 0.482 e. The van der Waals surface area contributed by atoms with E-state index in [1.165, 1.54) is 6.26 Å². The Hall–Kier alpha value is -3.34. The molecule has 1 N–H and O–H groups in total. The van der Waals surface area contributed by atoms with Gasteiger partial charge in [0.15, 0.2) is 5.76 Å². The summed E-state index contributed by atoms with van der Waals surface area (Å²) in [6, 6.07) is 18.2. The van der Waals surface area contributed by atoms with Gasteiger partial charge in [-0.3, -0.25) is 9.59 Å². The zero-order valence-electron chi connectivity index (χ0n) is 15.3. The number of hydrogen-bond acceptors (Lipinski definition) is 4. The van der Waals surface area contributed by atoms with E-state index in [0.29, 0.717) is 5.69 Å². The van der Waals surface area contributed by atoms with Crippen LogP contribution in [0.25, 0.3) is 0 Å². The maximum atomic E-state index is 12.4. The van der Waals surface area contributed by atoms with Crippen molar-refractivity contribution in [2.75, 3.05) is 5.32 Å². The molecule has 1 aromatic heterocycles. The molecule has 1 amide bonds. The average molecular weight is 363 g/mol. The molecule has 3 rings (SSSR count). The third-order valence-corrected chi connectivity index (χ3v) is 4.09. The maximum Gasteiger partial charge on any atom is 0.291 e. The first kappa shape index (κ1) is 18.5. The Balaban J connectivity index is 1.72. The first-order valence-corrected chi connectivity index (χ1v) is 8.74. The number of rotatable bonds is 6. The fourth-order valence-electron chi connectivity index (χ4n) is 2.66. The van der Waals surface area contributed by atoms with Crippen LogP contribution in [0.15, 0.2) is 76.1 Å². The van der Waals surface area contributed by atoms with Crippen molar-refractivity contribution in [2.24, 2.45) is 0 Å². The summed E-state index contributed by atoms with van der Waals surface area (Å²) in [4.78, 5) is 24.7. The van der Waals surface area contributed by atoms with Crippen molar-refractivity contribution < 1.29 is 13.9 Å². The van der Waals surface area contributed by atoms with Gasteiger partial charge in [-0.1, -0.05) is 62.4 Å². The van der Waals surface area contributed by atoms with Crippen molar-refractivity contribution in [1.29, 1.82) is 0 Å². The molecule has 0 saturated heterocycles. The lowest BCUT2D eigenvalue weighted by atomic mass is 10.0. The van der Waals surface area contributed by atoms with Crippen molar-refractivity contribution in [3.8, 4) is 5.75 Å². The second kappa shape index (κ2) is 8.36. The number of para-hydroxylation sites is 1. The minimum Gasteiger partial charge on any atom is -0.482 e. The fourth-order valence-corrected chi connectivity index (χ4v) is 2.66. The lowest BCUT2D eigenvalue weighted by Crippen LogP contribution is -2.16. The zero-order valence-corrected chi connectivity index (χ0v) is 15.3. The van der Waals surface area contributed by atoms with Crippen molar-refractivity contribution in [2.45, 2.75) is 26.4 Å². The fraction of sp³-hybridized carbons (Fsp3) is 0.182. The summed E-state index contributed by atoms with van der Waals surface area (Å²) in [6.45, 7) is 4.34. The molecule has 3 aromatic rings. The molecule has 0 saturated carbocycles. The standard InChI is InChI=1S/C22H21NO4/c1-15(2)17-10-6-7-11-18(17)23-22(25)20-12-19(24)21(14-27-20)26-13-16-8-4-3-5-9-16/h3-12,14-15H,13H2,1-2H3,(H,23,25). The highest BCUT2D eigenvalue weighted by atomic mass is 16.5. The van der Waals surface area contributed by atoms with Crippen LogP contribution in [0.4, 0.5) is 5.69 Å². The minimum atomic E-state index is -0.477. The first-order valence-electron chi connectivity index (χ1n) is 8.74. The molecule has 5 nitrogen and oxygen atoms in total. The van der Waals surface area contributed by atoms with Gasteiger partial charge in [0, 0.05) is 11.8 Å². The summed E-state index contributed by atoms with van der Waals surface area (Å²) in [7, 11) is 0. The predicted molar refractivity (Wildman–Crippen MR) is 104 cm³/mol. The third-order valence-electron chi connectivity index (χ3n) is 4.09. The Bertz CT molecular complexity index is 977. The predicted octanol–water partition coefficient (Wildman–Crippen LogP) is 4.59. The second-order valence-electron chi connectivity index (χ2n) is 6.44. The molecule has 0 aliphatic rings. The summed E-state index contributed by atoms with van der Waals surface area (Å²) in [6.07, 6.45) is 1.18. The number of nitrogens with one attached hydrogen (secondary N) is 1. The van der Waals surface area contributed by atoms with Gasteiger partial charge in [-0.2, -0.15) is 0 Å². The van der Waals surface area contributed by atoms with Crippen LogP contribution in [0.2, 0.25) is 0 Å². The smallest absolute Gasteiger partial charge is 0.291 e. The molecule has 0 aliphatic heterocycles. The van der Waals surface area contributed by atoms with Crippen molar-refractivity contribution in [1.82, 2.24) is 0 Å². The van der Waals surface area contributed by atoms with Gasteiger partial charge in [0.1, 0.15) is 12.9 Å². The molecular weight excluding hydrogens is 342 g/mol. The maximum absolute atomic E-state index is 12.4. The van der Waals surface area contributed by atoms with Crippen LogP contribution in [0.3, 0.4) is 0 Å². The molecule has 0 aliphatic carbocycles. The van der Waals surface area contributed by atoms with Crippen LogP contribution in [0.5, 0.6) is 5.75 Å². The normalized spacial score (nSPS) is 10.6. The van der Waals surface area contributed by atoms with Crippen LogP contribution in [0.1, 0.15) is 41.4 Å². The average Bonchev–Trinajstić information content (AvgIpc) is 2.68. The molecule has 138 valence electrons. The molecular formula is C22H21NO4.